The molecule has 2 fully saturated rings. The number of anilines is 2. The zero-order valence-corrected chi connectivity index (χ0v) is 17.4. The van der Waals surface area contributed by atoms with Crippen LogP contribution in [-0.2, 0) is 9.59 Å². The number of piperazine rings is 1. The summed E-state index contributed by atoms with van der Waals surface area (Å²) in [6.45, 7) is 4.97. The van der Waals surface area contributed by atoms with Crippen LogP contribution >= 0.6 is 11.6 Å². The molecule has 1 unspecified atom stereocenters. The topological polar surface area (TPSA) is 53.1 Å². The summed E-state index contributed by atoms with van der Waals surface area (Å²) in [5, 5.41) is 0.555. The second kappa shape index (κ2) is 8.05. The van der Waals surface area contributed by atoms with Crippen molar-refractivity contribution in [2.75, 3.05) is 43.1 Å². The summed E-state index contributed by atoms with van der Waals surface area (Å²) in [4.78, 5) is 31.3. The van der Waals surface area contributed by atoms with E-state index in [9.17, 15) is 9.59 Å². The number of benzene rings is 2. The highest BCUT2D eigenvalue weighted by atomic mass is 35.5. The molecule has 29 heavy (non-hydrogen) atoms. The fourth-order valence-electron chi connectivity index (χ4n) is 3.98. The van der Waals surface area contributed by atoms with E-state index in [4.69, 9.17) is 16.3 Å². The zero-order chi connectivity index (χ0) is 20.5. The van der Waals surface area contributed by atoms with Gasteiger partial charge in [0.2, 0.25) is 5.91 Å². The van der Waals surface area contributed by atoms with Gasteiger partial charge in [-0.15, -0.1) is 0 Å². The van der Waals surface area contributed by atoms with Gasteiger partial charge in [0, 0.05) is 36.9 Å². The summed E-state index contributed by atoms with van der Waals surface area (Å²) in [7, 11) is 1.65. The molecule has 0 N–H and O–H groups in total. The molecule has 0 saturated carbocycles. The van der Waals surface area contributed by atoms with Crippen LogP contribution in [0, 0.1) is 6.92 Å². The smallest absolute Gasteiger partial charge is 0.251 e. The minimum Gasteiger partial charge on any atom is -0.497 e. The third-order valence-electron chi connectivity index (χ3n) is 5.73. The van der Waals surface area contributed by atoms with Gasteiger partial charge in [0.15, 0.2) is 0 Å². The minimum atomic E-state index is -0.402. The van der Waals surface area contributed by atoms with E-state index in [0.29, 0.717) is 10.7 Å². The van der Waals surface area contributed by atoms with Crippen molar-refractivity contribution in [2.45, 2.75) is 19.4 Å². The molecule has 152 valence electrons. The molecule has 2 aliphatic rings. The third-order valence-corrected chi connectivity index (χ3v) is 6.14. The second-order valence-corrected chi connectivity index (χ2v) is 7.85. The molecule has 2 amide bonds. The van der Waals surface area contributed by atoms with Crippen molar-refractivity contribution in [2.24, 2.45) is 0 Å². The van der Waals surface area contributed by atoms with Gasteiger partial charge in [-0.2, -0.15) is 0 Å². The lowest BCUT2D eigenvalue weighted by atomic mass is 10.1. The average molecular weight is 414 g/mol. The lowest BCUT2D eigenvalue weighted by Gasteiger charge is -2.38. The summed E-state index contributed by atoms with van der Waals surface area (Å²) in [5.41, 5.74) is 2.60. The molecule has 2 aromatic carbocycles. The van der Waals surface area contributed by atoms with E-state index in [-0.39, 0.29) is 18.2 Å². The zero-order valence-electron chi connectivity index (χ0n) is 16.6. The fourth-order valence-corrected chi connectivity index (χ4v) is 4.15. The Labute approximate surface area is 175 Å². The van der Waals surface area contributed by atoms with Crippen LogP contribution in [0.5, 0.6) is 5.75 Å². The van der Waals surface area contributed by atoms with Gasteiger partial charge in [0.05, 0.1) is 25.3 Å². The van der Waals surface area contributed by atoms with Crippen molar-refractivity contribution in [1.29, 1.82) is 0 Å². The maximum absolute atomic E-state index is 13.0. The van der Waals surface area contributed by atoms with Crippen molar-refractivity contribution in [1.82, 2.24) is 4.90 Å². The van der Waals surface area contributed by atoms with Gasteiger partial charge in [-0.3, -0.25) is 14.5 Å². The molecule has 0 radical (unpaired) electrons. The Morgan fingerprint density at radius 3 is 2.24 bits per heavy atom. The summed E-state index contributed by atoms with van der Waals surface area (Å²) >= 11 is 6.19. The SMILES string of the molecule is COc1ccc(N2CCN(C3CC(=O)N(c4ccc(C)c(Cl)c4)C3=O)CC2)cc1. The average Bonchev–Trinajstić information content (AvgIpc) is 3.04. The van der Waals surface area contributed by atoms with E-state index in [1.807, 2.05) is 37.3 Å². The van der Waals surface area contributed by atoms with Gasteiger partial charge in [0.1, 0.15) is 5.75 Å². The van der Waals surface area contributed by atoms with Gasteiger partial charge < -0.3 is 9.64 Å². The predicted molar refractivity (Wildman–Crippen MR) is 114 cm³/mol. The van der Waals surface area contributed by atoms with E-state index >= 15 is 0 Å². The monoisotopic (exact) mass is 413 g/mol. The molecule has 2 heterocycles. The van der Waals surface area contributed by atoms with Crippen LogP contribution in [-0.4, -0.2) is 56.0 Å². The molecule has 0 aliphatic carbocycles. The number of hydrogen-bond donors (Lipinski definition) is 0. The summed E-state index contributed by atoms with van der Waals surface area (Å²) in [6, 6.07) is 12.9. The maximum atomic E-state index is 13.0. The Bertz CT molecular complexity index is 923. The number of imide groups is 1. The van der Waals surface area contributed by atoms with E-state index < -0.39 is 6.04 Å². The number of halogens is 1. The number of carbonyl (C=O) groups excluding carboxylic acids is 2. The molecule has 2 aliphatic heterocycles. The largest absolute Gasteiger partial charge is 0.497 e. The van der Waals surface area contributed by atoms with Crippen molar-refractivity contribution < 1.29 is 14.3 Å². The van der Waals surface area contributed by atoms with Crippen molar-refractivity contribution >= 4 is 34.8 Å². The van der Waals surface area contributed by atoms with Gasteiger partial charge in [-0.1, -0.05) is 17.7 Å². The number of rotatable bonds is 4. The fraction of sp³-hybridized carbons (Fsp3) is 0.364. The number of hydrogen-bond acceptors (Lipinski definition) is 5. The van der Waals surface area contributed by atoms with Crippen LogP contribution in [0.2, 0.25) is 5.02 Å². The first kappa shape index (κ1) is 19.7. The molecule has 0 bridgehead atoms. The van der Waals surface area contributed by atoms with Crippen molar-refractivity contribution in [3.05, 3.63) is 53.1 Å². The molecule has 2 aromatic rings. The molecule has 4 rings (SSSR count). The molecular weight excluding hydrogens is 390 g/mol. The first-order valence-corrected chi connectivity index (χ1v) is 10.1. The number of carbonyl (C=O) groups is 2. The summed E-state index contributed by atoms with van der Waals surface area (Å²) in [5.74, 6) is 0.504. The molecule has 6 nitrogen and oxygen atoms in total. The van der Waals surface area contributed by atoms with Gasteiger partial charge in [0.25, 0.3) is 5.91 Å². The maximum Gasteiger partial charge on any atom is 0.251 e. The highest BCUT2D eigenvalue weighted by Crippen LogP contribution is 2.30. The van der Waals surface area contributed by atoms with Crippen LogP contribution < -0.4 is 14.5 Å². The Morgan fingerprint density at radius 1 is 0.966 bits per heavy atom. The number of amides is 2. The second-order valence-electron chi connectivity index (χ2n) is 7.44. The molecular formula is C22H24ClN3O3. The molecule has 0 spiro atoms. The quantitative estimate of drug-likeness (QED) is 0.721. The first-order valence-electron chi connectivity index (χ1n) is 9.74. The Balaban J connectivity index is 1.42. The van der Waals surface area contributed by atoms with Crippen LogP contribution in [0.15, 0.2) is 42.5 Å². The van der Waals surface area contributed by atoms with Crippen molar-refractivity contribution in [3.63, 3.8) is 0 Å². The van der Waals surface area contributed by atoms with Crippen LogP contribution in [0.3, 0.4) is 0 Å². The lowest BCUT2D eigenvalue weighted by molar-refractivity contribution is -0.123. The van der Waals surface area contributed by atoms with Gasteiger partial charge in [-0.05, 0) is 48.9 Å². The predicted octanol–water partition coefficient (Wildman–Crippen LogP) is 3.11. The Morgan fingerprint density at radius 2 is 1.62 bits per heavy atom. The Kier molecular flexibility index (Phi) is 5.48. The van der Waals surface area contributed by atoms with Crippen LogP contribution in [0.25, 0.3) is 0 Å². The van der Waals surface area contributed by atoms with E-state index in [0.717, 1.165) is 43.2 Å². The minimum absolute atomic E-state index is 0.159. The van der Waals surface area contributed by atoms with Gasteiger partial charge in [-0.25, -0.2) is 4.90 Å². The molecule has 7 heteroatoms. The van der Waals surface area contributed by atoms with Gasteiger partial charge >= 0.3 is 0 Å². The van der Waals surface area contributed by atoms with E-state index in [1.54, 1.807) is 19.2 Å². The summed E-state index contributed by atoms with van der Waals surface area (Å²) < 4.78 is 5.21. The first-order chi connectivity index (χ1) is 14.0. The number of nitrogens with zero attached hydrogens (tertiary/aromatic N) is 3. The molecule has 1 atom stereocenters. The van der Waals surface area contributed by atoms with E-state index in [1.165, 1.54) is 4.90 Å². The number of methoxy groups -OCH3 is 1. The lowest BCUT2D eigenvalue weighted by Crippen LogP contribution is -2.52. The Hall–Kier alpha value is -2.57. The number of aryl methyl sites for hydroxylation is 1. The molecule has 2 saturated heterocycles. The van der Waals surface area contributed by atoms with Crippen LogP contribution in [0.1, 0.15) is 12.0 Å². The normalized spacial score (nSPS) is 20.4. The standard InChI is InChI=1S/C22H24ClN3O3/c1-15-3-4-17(13-19(15)23)26-21(27)14-20(22(26)28)25-11-9-24(10-12-25)16-5-7-18(29-2)8-6-16/h3-8,13,20H,9-12,14H2,1-2H3. The van der Waals surface area contributed by atoms with Crippen molar-refractivity contribution in [3.8, 4) is 5.75 Å². The highest BCUT2D eigenvalue weighted by Gasteiger charge is 2.43. The molecule has 0 aromatic heterocycles. The van der Waals surface area contributed by atoms with Crippen LogP contribution in [0.4, 0.5) is 11.4 Å². The third kappa shape index (κ3) is 3.82. The summed E-state index contributed by atoms with van der Waals surface area (Å²) in [6.07, 6.45) is 0.215. The number of ether oxygens (including phenoxy) is 1. The van der Waals surface area contributed by atoms with E-state index in [2.05, 4.69) is 9.80 Å². The highest BCUT2D eigenvalue weighted by molar-refractivity contribution is 6.32.